The molecule has 0 aromatic heterocycles. The number of thioether (sulfide) groups is 1. The van der Waals surface area contributed by atoms with E-state index in [2.05, 4.69) is 6.58 Å². The van der Waals surface area contributed by atoms with Crippen molar-refractivity contribution < 1.29 is 9.47 Å². The molecule has 1 heterocycles. The van der Waals surface area contributed by atoms with Crippen LogP contribution in [0.3, 0.4) is 0 Å². The van der Waals surface area contributed by atoms with Crippen molar-refractivity contribution in [2.45, 2.75) is 13.0 Å². The van der Waals surface area contributed by atoms with Crippen LogP contribution in [0.4, 0.5) is 0 Å². The first-order chi connectivity index (χ1) is 4.83. The Morgan fingerprint density at radius 1 is 1.90 bits per heavy atom. The average Bonchev–Trinajstić information content (AvgIpc) is 2.31. The molecule has 1 fully saturated rings. The van der Waals surface area contributed by atoms with E-state index >= 15 is 0 Å². The number of hydrogen-bond acceptors (Lipinski definition) is 3. The lowest BCUT2D eigenvalue weighted by Gasteiger charge is -2.07. The van der Waals surface area contributed by atoms with Crippen LogP contribution in [0.25, 0.3) is 0 Å². The molecule has 1 rings (SSSR count). The van der Waals surface area contributed by atoms with Crippen molar-refractivity contribution in [2.24, 2.45) is 0 Å². The lowest BCUT2D eigenvalue weighted by Crippen LogP contribution is -2.16. The maximum Gasteiger partial charge on any atom is 0.146 e. The average molecular weight is 160 g/mol. The van der Waals surface area contributed by atoms with Crippen molar-refractivity contribution in [2.75, 3.05) is 19.0 Å². The molecule has 1 unspecified atom stereocenters. The lowest BCUT2D eigenvalue weighted by molar-refractivity contribution is 0.0481. The van der Waals surface area contributed by atoms with Crippen molar-refractivity contribution >= 4 is 11.8 Å². The molecular weight excluding hydrogens is 148 g/mol. The Hall–Kier alpha value is -0.150. The number of hydrogen-bond donors (Lipinski definition) is 0. The minimum absolute atomic E-state index is 0.234. The summed E-state index contributed by atoms with van der Waals surface area (Å²) in [6.45, 7) is 7.14. The van der Waals surface area contributed by atoms with E-state index in [1.54, 1.807) is 11.8 Å². The van der Waals surface area contributed by atoms with Gasteiger partial charge >= 0.3 is 0 Å². The second-order valence-corrected chi connectivity index (χ2v) is 3.16. The van der Waals surface area contributed by atoms with Crippen molar-refractivity contribution in [1.82, 2.24) is 0 Å². The normalized spacial score (nSPS) is 24.9. The predicted octanol–water partition coefficient (Wildman–Crippen LogP) is 1.63. The van der Waals surface area contributed by atoms with E-state index in [9.17, 15) is 0 Å². The highest BCUT2D eigenvalue weighted by Crippen LogP contribution is 2.26. The molecule has 1 aliphatic heterocycles. The maximum absolute atomic E-state index is 5.31. The molecular formula is C7H12O2S. The van der Waals surface area contributed by atoms with E-state index in [1.807, 2.05) is 6.92 Å². The Morgan fingerprint density at radius 2 is 2.70 bits per heavy atom. The molecule has 2 nitrogen and oxygen atoms in total. The van der Waals surface area contributed by atoms with Gasteiger partial charge < -0.3 is 9.47 Å². The zero-order chi connectivity index (χ0) is 7.40. The van der Waals surface area contributed by atoms with E-state index in [1.165, 1.54) is 0 Å². The molecule has 0 saturated carbocycles. The SMILES string of the molecule is C=C1OC(COCC)CS1. The molecule has 0 aliphatic carbocycles. The molecule has 0 bridgehead atoms. The molecule has 1 saturated heterocycles. The molecule has 1 aliphatic rings. The van der Waals surface area contributed by atoms with Crippen LogP contribution in [-0.2, 0) is 9.47 Å². The highest BCUT2D eigenvalue weighted by Gasteiger charge is 2.19. The molecule has 58 valence electrons. The number of ether oxygens (including phenoxy) is 2. The van der Waals surface area contributed by atoms with E-state index in [0.29, 0.717) is 6.61 Å². The first-order valence-electron chi connectivity index (χ1n) is 3.39. The Labute approximate surface area is 65.6 Å². The van der Waals surface area contributed by atoms with Gasteiger partial charge in [0, 0.05) is 12.4 Å². The van der Waals surface area contributed by atoms with Crippen molar-refractivity contribution in [3.63, 3.8) is 0 Å². The van der Waals surface area contributed by atoms with E-state index in [-0.39, 0.29) is 6.10 Å². The van der Waals surface area contributed by atoms with Crippen LogP contribution in [0, 0.1) is 0 Å². The van der Waals surface area contributed by atoms with Gasteiger partial charge in [-0.05, 0) is 13.5 Å². The molecule has 3 heteroatoms. The van der Waals surface area contributed by atoms with Crippen LogP contribution in [0.15, 0.2) is 11.7 Å². The fourth-order valence-corrected chi connectivity index (χ4v) is 1.51. The molecule has 1 atom stereocenters. The van der Waals surface area contributed by atoms with Gasteiger partial charge in [-0.3, -0.25) is 0 Å². The molecule has 10 heavy (non-hydrogen) atoms. The van der Waals surface area contributed by atoms with Gasteiger partial charge in [0.1, 0.15) is 11.2 Å². The van der Waals surface area contributed by atoms with Gasteiger partial charge in [-0.25, -0.2) is 0 Å². The quantitative estimate of drug-likeness (QED) is 0.625. The van der Waals surface area contributed by atoms with Gasteiger partial charge in [-0.15, -0.1) is 0 Å². The smallest absolute Gasteiger partial charge is 0.146 e. The Morgan fingerprint density at radius 3 is 3.20 bits per heavy atom. The van der Waals surface area contributed by atoms with Gasteiger partial charge in [-0.2, -0.15) is 0 Å². The monoisotopic (exact) mass is 160 g/mol. The Kier molecular flexibility index (Phi) is 3.09. The fourth-order valence-electron chi connectivity index (χ4n) is 0.771. The standard InChI is InChI=1S/C7H12O2S/c1-3-8-4-7-5-10-6(2)9-7/h7H,2-5H2,1H3. The fraction of sp³-hybridized carbons (Fsp3) is 0.714. The van der Waals surface area contributed by atoms with Gasteiger partial charge in [0.25, 0.3) is 0 Å². The molecule has 0 aromatic rings. The third kappa shape index (κ3) is 2.23. The van der Waals surface area contributed by atoms with Crippen molar-refractivity contribution in [3.8, 4) is 0 Å². The summed E-state index contributed by atoms with van der Waals surface area (Å²) in [6.07, 6.45) is 0.234. The lowest BCUT2D eigenvalue weighted by atomic mass is 10.4. The highest BCUT2D eigenvalue weighted by molar-refractivity contribution is 8.03. The van der Waals surface area contributed by atoms with Crippen LogP contribution < -0.4 is 0 Å². The van der Waals surface area contributed by atoms with Crippen LogP contribution in [0.2, 0.25) is 0 Å². The predicted molar refractivity (Wildman–Crippen MR) is 43.0 cm³/mol. The molecule has 0 N–H and O–H groups in total. The van der Waals surface area contributed by atoms with Crippen LogP contribution in [0.5, 0.6) is 0 Å². The van der Waals surface area contributed by atoms with E-state index in [4.69, 9.17) is 9.47 Å². The van der Waals surface area contributed by atoms with Gasteiger partial charge in [0.05, 0.1) is 6.61 Å². The first kappa shape index (κ1) is 7.95. The van der Waals surface area contributed by atoms with E-state index < -0.39 is 0 Å². The largest absolute Gasteiger partial charge is 0.482 e. The topological polar surface area (TPSA) is 18.5 Å². The van der Waals surface area contributed by atoms with Crippen LogP contribution >= 0.6 is 11.8 Å². The summed E-state index contributed by atoms with van der Waals surface area (Å²) in [7, 11) is 0. The Balaban J connectivity index is 2.12. The Bertz CT molecular complexity index is 125. The molecule has 0 radical (unpaired) electrons. The zero-order valence-corrected chi connectivity index (χ0v) is 6.95. The zero-order valence-electron chi connectivity index (χ0n) is 6.13. The summed E-state index contributed by atoms with van der Waals surface area (Å²) in [5, 5.41) is 0.824. The summed E-state index contributed by atoms with van der Waals surface area (Å²) in [5.41, 5.74) is 0. The summed E-state index contributed by atoms with van der Waals surface area (Å²) >= 11 is 1.66. The van der Waals surface area contributed by atoms with Gasteiger partial charge in [0.15, 0.2) is 0 Å². The molecule has 0 amide bonds. The summed E-state index contributed by atoms with van der Waals surface area (Å²) in [4.78, 5) is 0. The third-order valence-electron chi connectivity index (χ3n) is 1.24. The third-order valence-corrected chi connectivity index (χ3v) is 2.19. The maximum atomic E-state index is 5.31. The summed E-state index contributed by atoms with van der Waals surface area (Å²) < 4.78 is 10.5. The first-order valence-corrected chi connectivity index (χ1v) is 4.37. The highest BCUT2D eigenvalue weighted by atomic mass is 32.2. The summed E-state index contributed by atoms with van der Waals surface area (Å²) in [5.74, 6) is 0.985. The molecule has 0 aromatic carbocycles. The minimum Gasteiger partial charge on any atom is -0.482 e. The van der Waals surface area contributed by atoms with Crippen molar-refractivity contribution in [3.05, 3.63) is 11.7 Å². The summed E-state index contributed by atoms with van der Waals surface area (Å²) in [6, 6.07) is 0. The number of rotatable bonds is 3. The second-order valence-electron chi connectivity index (χ2n) is 2.08. The minimum atomic E-state index is 0.234. The van der Waals surface area contributed by atoms with Crippen LogP contribution in [-0.4, -0.2) is 25.1 Å². The second kappa shape index (κ2) is 3.88. The van der Waals surface area contributed by atoms with Crippen LogP contribution in [0.1, 0.15) is 6.92 Å². The van der Waals surface area contributed by atoms with Crippen molar-refractivity contribution in [1.29, 1.82) is 0 Å². The van der Waals surface area contributed by atoms with E-state index in [0.717, 1.165) is 17.5 Å². The van der Waals surface area contributed by atoms with Gasteiger partial charge in [0.2, 0.25) is 0 Å². The molecule has 0 spiro atoms. The van der Waals surface area contributed by atoms with Gasteiger partial charge in [-0.1, -0.05) is 11.8 Å².